The molecule has 0 unspecified atom stereocenters. The van der Waals surface area contributed by atoms with E-state index >= 15 is 0 Å². The van der Waals surface area contributed by atoms with Crippen LogP contribution in [0.25, 0.3) is 50.8 Å². The maximum absolute atomic E-state index is 2.53. The van der Waals surface area contributed by atoms with Gasteiger partial charge in [-0.2, -0.15) is 0 Å². The van der Waals surface area contributed by atoms with Crippen LogP contribution in [0.1, 0.15) is 100 Å². The van der Waals surface area contributed by atoms with Gasteiger partial charge in [0, 0.05) is 21.9 Å². The number of rotatable bonds is 13. The van der Waals surface area contributed by atoms with Gasteiger partial charge in [-0.25, -0.2) is 0 Å². The zero-order valence-electron chi connectivity index (χ0n) is 27.6. The van der Waals surface area contributed by atoms with Crippen LogP contribution in [-0.2, 0) is 5.41 Å². The quantitative estimate of drug-likeness (QED) is 0.0916. The minimum absolute atomic E-state index is 0.126. The maximum atomic E-state index is 2.53. The Morgan fingerprint density at radius 3 is 1.70 bits per heavy atom. The van der Waals surface area contributed by atoms with E-state index in [9.17, 15) is 0 Å². The molecular weight excluding hydrogens is 555 g/mol. The number of benzene rings is 5. The molecule has 1 aromatic heterocycles. The molecule has 6 aromatic rings. The summed E-state index contributed by atoms with van der Waals surface area (Å²) in [5.41, 5.74) is 12.4. The van der Waals surface area contributed by atoms with Crippen molar-refractivity contribution in [1.82, 2.24) is 4.57 Å². The molecule has 1 aliphatic carbocycles. The third kappa shape index (κ3) is 5.62. The van der Waals surface area contributed by atoms with Gasteiger partial charge in [-0.15, -0.1) is 0 Å². The third-order valence-electron chi connectivity index (χ3n) is 10.4. The summed E-state index contributed by atoms with van der Waals surface area (Å²) in [6, 6.07) is 43.0. The molecule has 0 saturated heterocycles. The van der Waals surface area contributed by atoms with Crippen molar-refractivity contribution in [2.45, 2.75) is 83.5 Å². The maximum Gasteiger partial charge on any atom is 0.0541 e. The average molecular weight is 602 g/mol. The molecule has 0 radical (unpaired) electrons. The van der Waals surface area contributed by atoms with Crippen LogP contribution in [0.5, 0.6) is 0 Å². The second-order valence-electron chi connectivity index (χ2n) is 13.3. The van der Waals surface area contributed by atoms with Crippen LogP contribution in [0.4, 0.5) is 0 Å². The first-order valence-corrected chi connectivity index (χ1v) is 17.7. The van der Waals surface area contributed by atoms with Crippen molar-refractivity contribution in [2.24, 2.45) is 0 Å². The fourth-order valence-electron chi connectivity index (χ4n) is 8.08. The first-order valence-electron chi connectivity index (χ1n) is 17.7. The van der Waals surface area contributed by atoms with Gasteiger partial charge in [0.1, 0.15) is 0 Å². The molecule has 0 saturated carbocycles. The molecule has 1 nitrogen and oxygen atoms in total. The number of nitrogens with zero attached hydrogens (tertiary/aromatic N) is 1. The van der Waals surface area contributed by atoms with Gasteiger partial charge in [-0.1, -0.05) is 168 Å². The number of fused-ring (bicyclic) bond motifs is 6. The third-order valence-corrected chi connectivity index (χ3v) is 10.4. The Morgan fingerprint density at radius 2 is 1.04 bits per heavy atom. The Balaban J connectivity index is 1.20. The van der Waals surface area contributed by atoms with Crippen LogP contribution in [0.15, 0.2) is 115 Å². The van der Waals surface area contributed by atoms with Gasteiger partial charge in [-0.3, -0.25) is 0 Å². The molecule has 46 heavy (non-hydrogen) atoms. The first kappa shape index (κ1) is 30.3. The van der Waals surface area contributed by atoms with Crippen molar-refractivity contribution in [3.63, 3.8) is 0 Å². The first-order chi connectivity index (χ1) is 22.7. The van der Waals surface area contributed by atoms with Crippen molar-refractivity contribution in [2.75, 3.05) is 0 Å². The van der Waals surface area contributed by atoms with Gasteiger partial charge >= 0.3 is 0 Å². The van der Waals surface area contributed by atoms with E-state index in [1.54, 1.807) is 11.1 Å². The van der Waals surface area contributed by atoms with E-state index in [4.69, 9.17) is 0 Å². The second-order valence-corrected chi connectivity index (χ2v) is 13.3. The van der Waals surface area contributed by atoms with E-state index in [1.807, 2.05) is 0 Å². The van der Waals surface area contributed by atoms with E-state index in [-0.39, 0.29) is 5.41 Å². The molecule has 0 spiro atoms. The van der Waals surface area contributed by atoms with Crippen LogP contribution in [0.3, 0.4) is 0 Å². The summed E-state index contributed by atoms with van der Waals surface area (Å²) in [6.07, 6.45) is 17.6. The summed E-state index contributed by atoms with van der Waals surface area (Å²) in [6.45, 7) is 4.63. The van der Waals surface area contributed by atoms with E-state index in [0.717, 1.165) is 0 Å². The SMILES string of the molecule is CCCCCCC1(CCCCCC)c2ccccc2-c2ccc(/C=C/c3ccc(-n4c5ccccc5c5ccccc54)cc3)cc21. The topological polar surface area (TPSA) is 4.93 Å². The fraction of sp³-hybridized carbons (Fsp3) is 0.289. The van der Waals surface area contributed by atoms with Crippen LogP contribution in [-0.4, -0.2) is 4.57 Å². The van der Waals surface area contributed by atoms with Crippen LogP contribution in [0, 0.1) is 0 Å². The lowest BCUT2D eigenvalue weighted by molar-refractivity contribution is 0.401. The summed E-state index contributed by atoms with van der Waals surface area (Å²) < 4.78 is 2.39. The Bertz CT molecular complexity index is 1900. The van der Waals surface area contributed by atoms with Crippen LogP contribution < -0.4 is 0 Å². The number of para-hydroxylation sites is 2. The Hall–Kier alpha value is -4.36. The standard InChI is InChI=1S/C45H47N/c1-3-5-7-15-31-45(32-16-8-6-4-2)41-20-12-9-17-37(41)38-30-27-35(33-42(38)45)24-23-34-25-28-36(29-26-34)46-43-21-13-10-18-39(43)40-19-11-14-22-44(40)46/h9-14,17-30,33H,3-8,15-16,31-32H2,1-2H3/b24-23+. The van der Waals surface area contributed by atoms with Crippen molar-refractivity contribution >= 4 is 34.0 Å². The molecule has 232 valence electrons. The molecule has 0 N–H and O–H groups in total. The lowest BCUT2D eigenvalue weighted by Crippen LogP contribution is -2.25. The lowest BCUT2D eigenvalue weighted by Gasteiger charge is -2.33. The van der Waals surface area contributed by atoms with Crippen molar-refractivity contribution in [3.05, 3.63) is 138 Å². The van der Waals surface area contributed by atoms with Gasteiger partial charge in [0.2, 0.25) is 0 Å². The van der Waals surface area contributed by atoms with Crippen LogP contribution in [0.2, 0.25) is 0 Å². The lowest BCUT2D eigenvalue weighted by atomic mass is 9.70. The normalized spacial score (nSPS) is 13.5. The summed E-state index contributed by atoms with van der Waals surface area (Å²) in [5, 5.41) is 2.60. The smallest absolute Gasteiger partial charge is 0.0541 e. The van der Waals surface area contributed by atoms with E-state index in [1.165, 1.54) is 114 Å². The van der Waals surface area contributed by atoms with Crippen molar-refractivity contribution in [1.29, 1.82) is 0 Å². The molecule has 1 heteroatoms. The molecule has 7 rings (SSSR count). The molecular formula is C45H47N. The fourth-order valence-corrected chi connectivity index (χ4v) is 8.08. The zero-order valence-corrected chi connectivity index (χ0v) is 27.6. The Morgan fingerprint density at radius 1 is 0.500 bits per heavy atom. The molecule has 0 bridgehead atoms. The monoisotopic (exact) mass is 601 g/mol. The minimum Gasteiger partial charge on any atom is -0.309 e. The molecule has 0 amide bonds. The summed E-state index contributed by atoms with van der Waals surface area (Å²) in [5.74, 6) is 0. The summed E-state index contributed by atoms with van der Waals surface area (Å²) >= 11 is 0. The van der Waals surface area contributed by atoms with E-state index in [0.29, 0.717) is 0 Å². The molecule has 1 heterocycles. The van der Waals surface area contributed by atoms with Gasteiger partial charge in [0.15, 0.2) is 0 Å². The van der Waals surface area contributed by atoms with Gasteiger partial charge in [0.05, 0.1) is 11.0 Å². The van der Waals surface area contributed by atoms with Crippen molar-refractivity contribution in [3.8, 4) is 16.8 Å². The largest absolute Gasteiger partial charge is 0.309 e. The highest BCUT2D eigenvalue weighted by molar-refractivity contribution is 6.09. The number of aromatic nitrogens is 1. The minimum atomic E-state index is 0.126. The summed E-state index contributed by atoms with van der Waals surface area (Å²) in [4.78, 5) is 0. The predicted octanol–water partition coefficient (Wildman–Crippen LogP) is 13.2. The van der Waals surface area contributed by atoms with E-state index in [2.05, 4.69) is 146 Å². The second kappa shape index (κ2) is 13.6. The van der Waals surface area contributed by atoms with Gasteiger partial charge in [0.25, 0.3) is 0 Å². The molecule has 0 fully saturated rings. The van der Waals surface area contributed by atoms with Crippen molar-refractivity contribution < 1.29 is 0 Å². The highest BCUT2D eigenvalue weighted by atomic mass is 15.0. The Kier molecular flexibility index (Phi) is 8.93. The molecule has 1 aliphatic rings. The van der Waals surface area contributed by atoms with Gasteiger partial charge < -0.3 is 4.57 Å². The average Bonchev–Trinajstić information content (AvgIpc) is 3.58. The van der Waals surface area contributed by atoms with E-state index < -0.39 is 0 Å². The highest BCUT2D eigenvalue weighted by Gasteiger charge is 2.42. The van der Waals surface area contributed by atoms with Gasteiger partial charge in [-0.05, 0) is 70.5 Å². The Labute approximate surface area is 275 Å². The zero-order chi connectivity index (χ0) is 31.3. The summed E-state index contributed by atoms with van der Waals surface area (Å²) in [7, 11) is 0. The molecule has 5 aromatic carbocycles. The number of hydrogen-bond acceptors (Lipinski definition) is 0. The molecule has 0 atom stereocenters. The number of hydrogen-bond donors (Lipinski definition) is 0. The predicted molar refractivity (Wildman–Crippen MR) is 200 cm³/mol. The molecule has 0 aliphatic heterocycles. The highest BCUT2D eigenvalue weighted by Crippen LogP contribution is 2.54. The van der Waals surface area contributed by atoms with Crippen LogP contribution >= 0.6 is 0 Å². The number of unbranched alkanes of at least 4 members (excludes halogenated alkanes) is 6.